The molecule has 0 fully saturated rings. The average molecular weight is 453 g/mol. The van der Waals surface area contributed by atoms with E-state index in [1.165, 1.54) is 24.3 Å². The van der Waals surface area contributed by atoms with Crippen molar-refractivity contribution in [2.24, 2.45) is 11.1 Å². The molecule has 0 atom stereocenters. The minimum Gasteiger partial charge on any atom is -0.382 e. The lowest BCUT2D eigenvalue weighted by Crippen LogP contribution is -2.39. The zero-order valence-electron chi connectivity index (χ0n) is 15.8. The highest BCUT2D eigenvalue weighted by atomic mass is 32.2. The Labute approximate surface area is 175 Å². The minimum atomic E-state index is -4.15. The lowest BCUT2D eigenvalue weighted by atomic mass is 9.83. The van der Waals surface area contributed by atoms with Crippen LogP contribution >= 0.6 is 0 Å². The predicted molar refractivity (Wildman–Crippen MR) is 108 cm³/mol. The van der Waals surface area contributed by atoms with Gasteiger partial charge in [0.15, 0.2) is 0 Å². The number of carbonyl (C=O) groups is 1. The highest BCUT2D eigenvalue weighted by molar-refractivity contribution is 7.87. The van der Waals surface area contributed by atoms with Gasteiger partial charge >= 0.3 is 20.2 Å². The van der Waals surface area contributed by atoms with Crippen LogP contribution in [0.1, 0.15) is 12.8 Å². The second-order valence-electron chi connectivity index (χ2n) is 6.37. The molecule has 160 valence electrons. The first kappa shape index (κ1) is 23.2. The van der Waals surface area contributed by atoms with Gasteiger partial charge in [-0.15, -0.1) is 0 Å². The van der Waals surface area contributed by atoms with Crippen LogP contribution in [0.25, 0.3) is 0 Å². The first-order chi connectivity index (χ1) is 14.1. The smallest absolute Gasteiger partial charge is 0.309 e. The number of nitrogens with two attached hydrogens (primary N) is 1. The van der Waals surface area contributed by atoms with Crippen LogP contribution in [0.3, 0.4) is 0 Å². The Morgan fingerprint density at radius 1 is 0.833 bits per heavy atom. The number of hydrogen-bond donors (Lipinski definition) is 1. The summed E-state index contributed by atoms with van der Waals surface area (Å²) in [6, 6.07) is 17.0. The maximum Gasteiger partial charge on any atom is 0.309 e. The molecule has 1 amide bonds. The van der Waals surface area contributed by atoms with Gasteiger partial charge in [0.1, 0.15) is 16.9 Å². The molecule has 0 bridgehead atoms. The number of rotatable bonds is 11. The van der Waals surface area contributed by atoms with Crippen LogP contribution in [0.15, 0.2) is 60.7 Å². The molecule has 0 aliphatic carbocycles. The van der Waals surface area contributed by atoms with Crippen molar-refractivity contribution >= 4 is 26.1 Å². The maximum absolute atomic E-state index is 12.2. The standard InChI is InChI=1S/C19H20N2O7S2/c20-15-19(18(21)22,11-13-29(23,24)27-16-7-3-1-4-8-16)12-14-30(25,26)28-17-9-5-2-6-10-17/h1-10H,11-14H2,(H2,21,22). The normalized spacial score (nSPS) is 12.0. The molecule has 0 aliphatic heterocycles. The minimum absolute atomic E-state index is 0.0676. The molecule has 0 heterocycles. The lowest BCUT2D eigenvalue weighted by Gasteiger charge is -2.22. The van der Waals surface area contributed by atoms with Gasteiger partial charge < -0.3 is 14.1 Å². The van der Waals surface area contributed by atoms with Crippen LogP contribution in [0, 0.1) is 16.7 Å². The van der Waals surface area contributed by atoms with Gasteiger partial charge in [-0.2, -0.15) is 22.1 Å². The number of hydrogen-bond acceptors (Lipinski definition) is 8. The fourth-order valence-corrected chi connectivity index (χ4v) is 4.64. The Morgan fingerprint density at radius 2 is 1.20 bits per heavy atom. The topological polar surface area (TPSA) is 154 Å². The summed E-state index contributed by atoms with van der Waals surface area (Å²) in [6.45, 7) is 0. The van der Waals surface area contributed by atoms with Crippen molar-refractivity contribution in [3.63, 3.8) is 0 Å². The van der Waals surface area contributed by atoms with Gasteiger partial charge in [-0.3, -0.25) is 4.79 Å². The highest BCUT2D eigenvalue weighted by Gasteiger charge is 2.40. The molecule has 0 radical (unpaired) electrons. The van der Waals surface area contributed by atoms with Crippen LogP contribution in [0.5, 0.6) is 11.5 Å². The third kappa shape index (κ3) is 6.75. The summed E-state index contributed by atoms with van der Waals surface area (Å²) in [7, 11) is -8.31. The van der Waals surface area contributed by atoms with E-state index in [0.29, 0.717) is 0 Å². The van der Waals surface area contributed by atoms with Crippen LogP contribution in [0.4, 0.5) is 0 Å². The number of para-hydroxylation sites is 2. The maximum atomic E-state index is 12.2. The van der Waals surface area contributed by atoms with E-state index < -0.39 is 55.9 Å². The molecule has 0 aromatic heterocycles. The molecule has 0 unspecified atom stereocenters. The Balaban J connectivity index is 2.08. The third-order valence-electron chi connectivity index (χ3n) is 4.18. The monoisotopic (exact) mass is 452 g/mol. The summed E-state index contributed by atoms with van der Waals surface area (Å²) in [6.07, 6.45) is -1.07. The summed E-state index contributed by atoms with van der Waals surface area (Å²) in [5.74, 6) is -2.42. The fraction of sp³-hybridized carbons (Fsp3) is 0.263. The molecule has 2 aromatic rings. The first-order valence-corrected chi connectivity index (χ1v) is 11.9. The summed E-state index contributed by atoms with van der Waals surface area (Å²) >= 11 is 0. The van der Waals surface area contributed by atoms with Crippen molar-refractivity contribution in [2.45, 2.75) is 12.8 Å². The van der Waals surface area contributed by atoms with Crippen molar-refractivity contribution in [2.75, 3.05) is 11.5 Å². The molecule has 0 saturated heterocycles. The van der Waals surface area contributed by atoms with Gasteiger partial charge in [0.05, 0.1) is 17.6 Å². The Hall–Kier alpha value is -3.10. The first-order valence-electron chi connectivity index (χ1n) is 8.73. The zero-order chi connectivity index (χ0) is 22.3. The Kier molecular flexibility index (Phi) is 7.42. The van der Waals surface area contributed by atoms with E-state index in [2.05, 4.69) is 0 Å². The summed E-state index contributed by atoms with van der Waals surface area (Å²) in [5.41, 5.74) is 3.29. The number of nitrogens with zero attached hydrogens (tertiary/aromatic N) is 1. The third-order valence-corrected chi connectivity index (χ3v) is 6.48. The van der Waals surface area contributed by atoms with E-state index in [0.717, 1.165) is 0 Å². The van der Waals surface area contributed by atoms with E-state index in [-0.39, 0.29) is 11.5 Å². The fourth-order valence-electron chi connectivity index (χ4n) is 2.47. The van der Waals surface area contributed by atoms with Crippen molar-refractivity contribution < 1.29 is 30.0 Å². The second kappa shape index (κ2) is 9.60. The van der Waals surface area contributed by atoms with E-state index in [1.54, 1.807) is 42.5 Å². The van der Waals surface area contributed by atoms with Crippen molar-refractivity contribution in [1.82, 2.24) is 0 Å². The van der Waals surface area contributed by atoms with Crippen molar-refractivity contribution in [3.05, 3.63) is 60.7 Å². The number of benzene rings is 2. The molecule has 9 nitrogen and oxygen atoms in total. The van der Waals surface area contributed by atoms with Crippen molar-refractivity contribution in [3.8, 4) is 17.6 Å². The van der Waals surface area contributed by atoms with Gasteiger partial charge in [-0.25, -0.2) is 0 Å². The molecule has 0 aliphatic rings. The Morgan fingerprint density at radius 3 is 1.50 bits per heavy atom. The summed E-state index contributed by atoms with van der Waals surface area (Å²) < 4.78 is 58.6. The largest absolute Gasteiger partial charge is 0.382 e. The average Bonchev–Trinajstić information content (AvgIpc) is 2.69. The van der Waals surface area contributed by atoms with Gasteiger partial charge in [0, 0.05) is 0 Å². The molecule has 2 N–H and O–H groups in total. The molecule has 2 aromatic carbocycles. The highest BCUT2D eigenvalue weighted by Crippen LogP contribution is 2.28. The number of nitriles is 1. The van der Waals surface area contributed by atoms with E-state index in [4.69, 9.17) is 14.1 Å². The lowest BCUT2D eigenvalue weighted by molar-refractivity contribution is -0.125. The second-order valence-corrected chi connectivity index (χ2v) is 9.76. The van der Waals surface area contributed by atoms with Crippen LogP contribution in [-0.4, -0.2) is 34.2 Å². The molecule has 11 heteroatoms. The quantitative estimate of drug-likeness (QED) is 0.504. The zero-order valence-corrected chi connectivity index (χ0v) is 17.4. The van der Waals surface area contributed by atoms with Crippen molar-refractivity contribution in [1.29, 1.82) is 5.26 Å². The number of amides is 1. The number of primary amides is 1. The molecule has 0 spiro atoms. The SMILES string of the molecule is N#CC(CCS(=O)(=O)Oc1ccccc1)(CCS(=O)(=O)Oc1ccccc1)C(N)=O. The molecule has 2 rings (SSSR count). The molecular weight excluding hydrogens is 432 g/mol. The van der Waals surface area contributed by atoms with Gasteiger partial charge in [-0.05, 0) is 37.1 Å². The molecular formula is C19H20N2O7S2. The predicted octanol–water partition coefficient (Wildman–Crippen LogP) is 1.58. The Bertz CT molecular complexity index is 1030. The van der Waals surface area contributed by atoms with E-state index >= 15 is 0 Å². The summed E-state index contributed by atoms with van der Waals surface area (Å²) in [4.78, 5) is 11.9. The van der Waals surface area contributed by atoms with E-state index in [1.807, 2.05) is 0 Å². The number of carbonyl (C=O) groups excluding carboxylic acids is 1. The molecule has 30 heavy (non-hydrogen) atoms. The van der Waals surface area contributed by atoms with Crippen LogP contribution in [0.2, 0.25) is 0 Å². The summed E-state index contributed by atoms with van der Waals surface area (Å²) in [5, 5.41) is 9.50. The van der Waals surface area contributed by atoms with E-state index in [9.17, 15) is 26.9 Å². The van der Waals surface area contributed by atoms with Crippen LogP contribution < -0.4 is 14.1 Å². The van der Waals surface area contributed by atoms with Crippen LogP contribution in [-0.2, 0) is 25.0 Å². The van der Waals surface area contributed by atoms with Gasteiger partial charge in [0.2, 0.25) is 5.91 Å². The van der Waals surface area contributed by atoms with Gasteiger partial charge in [-0.1, -0.05) is 36.4 Å². The molecule has 0 saturated carbocycles. The van der Waals surface area contributed by atoms with Gasteiger partial charge in [0.25, 0.3) is 0 Å².